The first-order valence-electron chi connectivity index (χ1n) is 7.10. The van der Waals surface area contributed by atoms with E-state index < -0.39 is 23.4 Å². The van der Waals surface area contributed by atoms with Gasteiger partial charge in [0.1, 0.15) is 5.60 Å². The van der Waals surface area contributed by atoms with E-state index in [1.165, 1.54) is 0 Å². The average Bonchev–Trinajstić information content (AvgIpc) is 2.24. The molecular formula is C14H18F4O2. The number of esters is 1. The molecule has 0 aromatic carbocycles. The second kappa shape index (κ2) is 4.10. The molecule has 0 unspecified atom stereocenters. The fourth-order valence-electron chi connectivity index (χ4n) is 4.60. The zero-order valence-corrected chi connectivity index (χ0v) is 11.3. The molecule has 0 aromatic heterocycles. The van der Waals surface area contributed by atoms with Gasteiger partial charge in [0.2, 0.25) is 0 Å². The van der Waals surface area contributed by atoms with Gasteiger partial charge >= 0.3 is 17.8 Å². The Hall–Kier alpha value is -0.810. The Labute approximate surface area is 114 Å². The zero-order valence-electron chi connectivity index (χ0n) is 11.3. The predicted molar refractivity (Wildman–Crippen MR) is 62.6 cm³/mol. The van der Waals surface area contributed by atoms with E-state index in [4.69, 9.17) is 4.74 Å². The van der Waals surface area contributed by atoms with Crippen molar-refractivity contribution in [2.24, 2.45) is 17.8 Å². The van der Waals surface area contributed by atoms with Crippen LogP contribution in [0.3, 0.4) is 0 Å². The van der Waals surface area contributed by atoms with E-state index in [-0.39, 0.29) is 6.92 Å². The number of rotatable bonds is 3. The third-order valence-electron chi connectivity index (χ3n) is 5.10. The van der Waals surface area contributed by atoms with Crippen LogP contribution in [0.4, 0.5) is 17.6 Å². The SMILES string of the molecule is CC(F)(F)C(F)(F)C(=O)OC12CC3CC(CC(C3)C1)C2. The highest BCUT2D eigenvalue weighted by Crippen LogP contribution is 2.57. The lowest BCUT2D eigenvalue weighted by Gasteiger charge is -2.55. The minimum atomic E-state index is -4.75. The van der Waals surface area contributed by atoms with Crippen molar-refractivity contribution >= 4 is 5.97 Å². The molecule has 114 valence electrons. The van der Waals surface area contributed by atoms with Crippen molar-refractivity contribution in [3.63, 3.8) is 0 Å². The Morgan fingerprint density at radius 2 is 1.40 bits per heavy atom. The standard InChI is InChI=1S/C14H18F4O2/c1-12(15,16)14(17,18)11(19)20-13-5-8-2-9(6-13)4-10(3-8)7-13/h8-10H,2-7H2,1H3. The molecule has 4 aliphatic carbocycles. The van der Waals surface area contributed by atoms with Crippen LogP contribution in [0, 0.1) is 17.8 Å². The number of ether oxygens (including phenoxy) is 1. The first kappa shape index (κ1) is 14.1. The largest absolute Gasteiger partial charge is 0.454 e. The fourth-order valence-corrected chi connectivity index (χ4v) is 4.60. The van der Waals surface area contributed by atoms with Crippen molar-refractivity contribution in [3.8, 4) is 0 Å². The average molecular weight is 294 g/mol. The van der Waals surface area contributed by atoms with E-state index in [1.807, 2.05) is 0 Å². The van der Waals surface area contributed by atoms with Crippen LogP contribution in [-0.2, 0) is 9.53 Å². The summed E-state index contributed by atoms with van der Waals surface area (Å²) in [7, 11) is 0. The van der Waals surface area contributed by atoms with Crippen molar-refractivity contribution < 1.29 is 27.1 Å². The summed E-state index contributed by atoms with van der Waals surface area (Å²) >= 11 is 0. The minimum absolute atomic E-state index is 0.0495. The normalized spacial score (nSPS) is 40.0. The van der Waals surface area contributed by atoms with Crippen LogP contribution >= 0.6 is 0 Å². The number of carbonyl (C=O) groups excluding carboxylic acids is 1. The van der Waals surface area contributed by atoms with Crippen LogP contribution < -0.4 is 0 Å². The van der Waals surface area contributed by atoms with Gasteiger partial charge in [-0.2, -0.15) is 17.6 Å². The monoisotopic (exact) mass is 294 g/mol. The number of halogens is 4. The molecular weight excluding hydrogens is 276 g/mol. The molecule has 0 aromatic rings. The number of hydrogen-bond donors (Lipinski definition) is 0. The van der Waals surface area contributed by atoms with Crippen LogP contribution in [-0.4, -0.2) is 23.4 Å². The summed E-state index contributed by atoms with van der Waals surface area (Å²) in [5.74, 6) is -10.0. The molecule has 4 saturated carbocycles. The molecule has 0 saturated heterocycles. The Kier molecular flexibility index (Phi) is 2.90. The molecule has 0 aliphatic heterocycles. The molecule has 4 fully saturated rings. The molecule has 0 amide bonds. The van der Waals surface area contributed by atoms with Gasteiger partial charge in [-0.15, -0.1) is 0 Å². The molecule has 0 heterocycles. The molecule has 20 heavy (non-hydrogen) atoms. The summed E-state index contributed by atoms with van der Waals surface area (Å²) < 4.78 is 57.5. The van der Waals surface area contributed by atoms with Crippen molar-refractivity contribution in [1.82, 2.24) is 0 Å². The molecule has 0 spiro atoms. The lowest BCUT2D eigenvalue weighted by molar-refractivity contribution is -0.244. The lowest BCUT2D eigenvalue weighted by Crippen LogP contribution is -2.56. The zero-order chi connectivity index (χ0) is 14.8. The van der Waals surface area contributed by atoms with Crippen LogP contribution in [0.25, 0.3) is 0 Å². The highest BCUT2D eigenvalue weighted by Gasteiger charge is 2.63. The Morgan fingerprint density at radius 3 is 1.75 bits per heavy atom. The van der Waals surface area contributed by atoms with Crippen molar-refractivity contribution in [2.45, 2.75) is 62.9 Å². The topological polar surface area (TPSA) is 26.3 Å². The van der Waals surface area contributed by atoms with Crippen LogP contribution in [0.5, 0.6) is 0 Å². The number of carbonyl (C=O) groups is 1. The van der Waals surface area contributed by atoms with Crippen LogP contribution in [0.2, 0.25) is 0 Å². The molecule has 2 nitrogen and oxygen atoms in total. The van der Waals surface area contributed by atoms with Crippen molar-refractivity contribution in [3.05, 3.63) is 0 Å². The highest BCUT2D eigenvalue weighted by atomic mass is 19.3. The quantitative estimate of drug-likeness (QED) is 0.585. The van der Waals surface area contributed by atoms with Gasteiger partial charge in [-0.1, -0.05) is 0 Å². The van der Waals surface area contributed by atoms with Gasteiger partial charge in [0, 0.05) is 6.92 Å². The predicted octanol–water partition coefficient (Wildman–Crippen LogP) is 3.79. The summed E-state index contributed by atoms with van der Waals surface area (Å²) in [6.45, 7) is 0.0495. The van der Waals surface area contributed by atoms with Gasteiger partial charge in [-0.3, -0.25) is 0 Å². The maximum atomic E-state index is 13.4. The molecule has 0 atom stereocenters. The van der Waals surface area contributed by atoms with Crippen molar-refractivity contribution in [1.29, 1.82) is 0 Å². The summed E-state index contributed by atoms with van der Waals surface area (Å²) in [5.41, 5.74) is -0.916. The summed E-state index contributed by atoms with van der Waals surface area (Å²) in [4.78, 5) is 11.5. The number of alkyl halides is 4. The van der Waals surface area contributed by atoms with Gasteiger partial charge in [0.15, 0.2) is 0 Å². The van der Waals surface area contributed by atoms with E-state index in [2.05, 4.69) is 0 Å². The third kappa shape index (κ3) is 2.11. The summed E-state index contributed by atoms with van der Waals surface area (Å²) in [6.07, 6.45) is 4.81. The first-order valence-corrected chi connectivity index (χ1v) is 7.10. The van der Waals surface area contributed by atoms with Gasteiger partial charge in [0.05, 0.1) is 0 Å². The minimum Gasteiger partial charge on any atom is -0.454 e. The second-order valence-corrected chi connectivity index (χ2v) is 6.95. The molecule has 4 aliphatic rings. The molecule has 6 heteroatoms. The number of hydrogen-bond acceptors (Lipinski definition) is 2. The van der Waals surface area contributed by atoms with E-state index in [9.17, 15) is 22.4 Å². The van der Waals surface area contributed by atoms with Crippen LogP contribution in [0.1, 0.15) is 45.4 Å². The van der Waals surface area contributed by atoms with Gasteiger partial charge in [-0.25, -0.2) is 4.79 Å². The van der Waals surface area contributed by atoms with Gasteiger partial charge < -0.3 is 4.74 Å². The van der Waals surface area contributed by atoms with E-state index in [0.29, 0.717) is 37.0 Å². The molecule has 4 bridgehead atoms. The first-order chi connectivity index (χ1) is 9.11. The van der Waals surface area contributed by atoms with E-state index >= 15 is 0 Å². The summed E-state index contributed by atoms with van der Waals surface area (Å²) in [5, 5.41) is 0. The Morgan fingerprint density at radius 1 is 1.00 bits per heavy atom. The Balaban J connectivity index is 1.76. The highest BCUT2D eigenvalue weighted by molar-refractivity contribution is 5.79. The maximum Gasteiger partial charge on any atom is 0.404 e. The second-order valence-electron chi connectivity index (χ2n) is 6.95. The molecule has 0 radical (unpaired) electrons. The van der Waals surface area contributed by atoms with Gasteiger partial charge in [-0.05, 0) is 56.3 Å². The smallest absolute Gasteiger partial charge is 0.404 e. The van der Waals surface area contributed by atoms with Crippen molar-refractivity contribution in [2.75, 3.05) is 0 Å². The third-order valence-corrected chi connectivity index (χ3v) is 5.10. The van der Waals surface area contributed by atoms with E-state index in [0.717, 1.165) is 19.3 Å². The summed E-state index contributed by atoms with van der Waals surface area (Å²) in [6, 6.07) is 0. The van der Waals surface area contributed by atoms with Gasteiger partial charge in [0.25, 0.3) is 0 Å². The van der Waals surface area contributed by atoms with E-state index in [1.54, 1.807) is 0 Å². The molecule has 0 N–H and O–H groups in total. The lowest BCUT2D eigenvalue weighted by atomic mass is 9.54. The van der Waals surface area contributed by atoms with Crippen LogP contribution in [0.15, 0.2) is 0 Å². The fraction of sp³-hybridized carbons (Fsp3) is 0.929. The molecule has 4 rings (SSSR count). The maximum absolute atomic E-state index is 13.4. The Bertz CT molecular complexity index is 392.